The number of nitrogens with one attached hydrogen (secondary N) is 1. The van der Waals surface area contributed by atoms with Gasteiger partial charge in [-0.25, -0.2) is 0 Å². The molecule has 0 spiro atoms. The molecule has 0 radical (unpaired) electrons. The highest BCUT2D eigenvalue weighted by atomic mass is 16.1. The number of Topliss-reactive ketones (excluding diaryl/α,β-unsaturated/α-hetero) is 1. The van der Waals surface area contributed by atoms with E-state index >= 15 is 0 Å². The fourth-order valence-corrected chi connectivity index (χ4v) is 2.24. The number of fused-ring (bicyclic) bond motifs is 1. The summed E-state index contributed by atoms with van der Waals surface area (Å²) in [6.07, 6.45) is 1.91. The van der Waals surface area contributed by atoms with Crippen molar-refractivity contribution in [2.75, 3.05) is 0 Å². The Morgan fingerprint density at radius 3 is 2.53 bits per heavy atom. The number of rotatable bonds is 4. The number of H-pyrrole nitrogens is 1. The molecule has 0 unspecified atom stereocenters. The molecule has 0 aliphatic rings. The number of carbonyl (C=O) groups is 1. The van der Waals surface area contributed by atoms with E-state index in [0.29, 0.717) is 12.8 Å². The van der Waals surface area contributed by atoms with Gasteiger partial charge < -0.3 is 9.78 Å². The van der Waals surface area contributed by atoms with Crippen LogP contribution in [0.15, 0.2) is 23.0 Å². The van der Waals surface area contributed by atoms with Crippen molar-refractivity contribution in [3.05, 3.63) is 45.2 Å². The molecular weight excluding hydrogens is 238 g/mol. The van der Waals surface area contributed by atoms with Crippen molar-refractivity contribution in [1.82, 2.24) is 4.98 Å². The van der Waals surface area contributed by atoms with E-state index in [0.717, 1.165) is 22.9 Å². The van der Waals surface area contributed by atoms with Crippen LogP contribution in [0.2, 0.25) is 0 Å². The molecule has 1 N–H and O–H groups in total. The van der Waals surface area contributed by atoms with Gasteiger partial charge in [-0.05, 0) is 68.3 Å². The predicted octanol–water partition coefficient (Wildman–Crippen LogP) is 3.06. The molecule has 19 heavy (non-hydrogen) atoms. The summed E-state index contributed by atoms with van der Waals surface area (Å²) >= 11 is 0. The fourth-order valence-electron chi connectivity index (χ4n) is 2.24. The van der Waals surface area contributed by atoms with Crippen LogP contribution in [-0.4, -0.2) is 10.8 Å². The molecule has 100 valence electrons. The topological polar surface area (TPSA) is 49.9 Å². The lowest BCUT2D eigenvalue weighted by Crippen LogP contribution is -2.12. The van der Waals surface area contributed by atoms with Gasteiger partial charge in [0.2, 0.25) is 0 Å². The van der Waals surface area contributed by atoms with Crippen molar-refractivity contribution in [2.24, 2.45) is 0 Å². The summed E-state index contributed by atoms with van der Waals surface area (Å²) in [4.78, 5) is 25.8. The molecule has 3 heteroatoms. The highest BCUT2D eigenvalue weighted by Crippen LogP contribution is 2.17. The summed E-state index contributed by atoms with van der Waals surface area (Å²) < 4.78 is 0. The second kappa shape index (κ2) is 5.39. The molecule has 1 heterocycles. The highest BCUT2D eigenvalue weighted by molar-refractivity contribution is 5.80. The molecule has 2 rings (SSSR count). The van der Waals surface area contributed by atoms with Gasteiger partial charge in [0.15, 0.2) is 0 Å². The minimum absolute atomic E-state index is 0.0423. The number of aromatic amines is 1. The molecule has 0 aliphatic carbocycles. The SMILES string of the molecule is CC(=O)CCCc1cc2cc(C)c(C)cc2[nH]c1=O. The second-order valence-corrected chi connectivity index (χ2v) is 5.20. The van der Waals surface area contributed by atoms with Gasteiger partial charge in [0.1, 0.15) is 5.78 Å². The van der Waals surface area contributed by atoms with Gasteiger partial charge >= 0.3 is 0 Å². The number of benzene rings is 1. The van der Waals surface area contributed by atoms with Crippen LogP contribution in [0.1, 0.15) is 36.5 Å². The lowest BCUT2D eigenvalue weighted by atomic mass is 10.0. The third kappa shape index (κ3) is 3.11. The van der Waals surface area contributed by atoms with Crippen LogP contribution in [-0.2, 0) is 11.2 Å². The number of pyridine rings is 1. The molecule has 0 bridgehead atoms. The van der Waals surface area contributed by atoms with Gasteiger partial charge in [-0.3, -0.25) is 4.79 Å². The normalized spacial score (nSPS) is 10.9. The summed E-state index contributed by atoms with van der Waals surface area (Å²) in [5.41, 5.74) is 3.99. The van der Waals surface area contributed by atoms with Crippen LogP contribution in [0.25, 0.3) is 10.9 Å². The zero-order chi connectivity index (χ0) is 14.0. The first-order valence-corrected chi connectivity index (χ1v) is 6.60. The van der Waals surface area contributed by atoms with Gasteiger partial charge in [0.05, 0.1) is 0 Å². The number of hydrogen-bond acceptors (Lipinski definition) is 2. The van der Waals surface area contributed by atoms with Gasteiger partial charge in [-0.15, -0.1) is 0 Å². The van der Waals surface area contributed by atoms with Crippen LogP contribution in [0, 0.1) is 13.8 Å². The molecule has 0 saturated heterocycles. The first kappa shape index (κ1) is 13.5. The maximum absolute atomic E-state index is 12.0. The van der Waals surface area contributed by atoms with Crippen molar-refractivity contribution in [3.63, 3.8) is 0 Å². The summed E-state index contributed by atoms with van der Waals surface area (Å²) in [5, 5.41) is 1.06. The average Bonchev–Trinajstić information content (AvgIpc) is 2.32. The average molecular weight is 257 g/mol. The number of aromatic nitrogens is 1. The lowest BCUT2D eigenvalue weighted by molar-refractivity contribution is -0.117. The Hall–Kier alpha value is -1.90. The molecule has 0 aliphatic heterocycles. The van der Waals surface area contributed by atoms with E-state index in [9.17, 15) is 9.59 Å². The monoisotopic (exact) mass is 257 g/mol. The van der Waals surface area contributed by atoms with Crippen molar-refractivity contribution in [3.8, 4) is 0 Å². The van der Waals surface area contributed by atoms with E-state index in [1.807, 2.05) is 19.1 Å². The Labute approximate surface area is 112 Å². The minimum Gasteiger partial charge on any atom is -0.322 e. The van der Waals surface area contributed by atoms with E-state index in [1.165, 1.54) is 11.1 Å². The smallest absolute Gasteiger partial charge is 0.251 e. The molecule has 1 aromatic heterocycles. The largest absolute Gasteiger partial charge is 0.322 e. The van der Waals surface area contributed by atoms with Crippen molar-refractivity contribution < 1.29 is 4.79 Å². The van der Waals surface area contributed by atoms with Gasteiger partial charge in [0.25, 0.3) is 5.56 Å². The van der Waals surface area contributed by atoms with Gasteiger partial charge in [-0.1, -0.05) is 0 Å². The van der Waals surface area contributed by atoms with Crippen LogP contribution in [0.5, 0.6) is 0 Å². The number of hydrogen-bond donors (Lipinski definition) is 1. The Morgan fingerprint density at radius 2 is 1.84 bits per heavy atom. The molecular formula is C16H19NO2. The summed E-state index contributed by atoms with van der Waals surface area (Å²) in [6.45, 7) is 5.68. The van der Waals surface area contributed by atoms with Crippen LogP contribution in [0.4, 0.5) is 0 Å². The van der Waals surface area contributed by atoms with Crippen LogP contribution < -0.4 is 5.56 Å². The second-order valence-electron chi connectivity index (χ2n) is 5.20. The van der Waals surface area contributed by atoms with Crippen molar-refractivity contribution in [2.45, 2.75) is 40.0 Å². The maximum atomic E-state index is 12.0. The lowest BCUT2D eigenvalue weighted by Gasteiger charge is -2.06. The Kier molecular flexibility index (Phi) is 3.84. The molecule has 1 aromatic carbocycles. The standard InChI is InChI=1S/C16H19NO2/c1-10-7-14-9-13(6-4-5-12(3)18)16(19)17-15(14)8-11(10)2/h7-9H,4-6H2,1-3H3,(H,17,19). The van der Waals surface area contributed by atoms with E-state index in [4.69, 9.17) is 0 Å². The molecule has 3 nitrogen and oxygen atoms in total. The molecule has 0 atom stereocenters. The zero-order valence-corrected chi connectivity index (χ0v) is 11.7. The molecule has 0 saturated carbocycles. The summed E-state index contributed by atoms with van der Waals surface area (Å²) in [7, 11) is 0. The van der Waals surface area contributed by atoms with E-state index in [1.54, 1.807) is 6.92 Å². The number of ketones is 1. The van der Waals surface area contributed by atoms with Gasteiger partial charge in [-0.2, -0.15) is 0 Å². The first-order valence-electron chi connectivity index (χ1n) is 6.60. The van der Waals surface area contributed by atoms with E-state index < -0.39 is 0 Å². The van der Waals surface area contributed by atoms with Crippen LogP contribution in [0.3, 0.4) is 0 Å². The van der Waals surface area contributed by atoms with E-state index in [-0.39, 0.29) is 11.3 Å². The third-order valence-electron chi connectivity index (χ3n) is 3.51. The molecule has 2 aromatic rings. The Morgan fingerprint density at radius 1 is 1.16 bits per heavy atom. The first-order chi connectivity index (χ1) is 8.97. The van der Waals surface area contributed by atoms with Crippen LogP contribution >= 0.6 is 0 Å². The summed E-state index contributed by atoms with van der Waals surface area (Å²) in [6, 6.07) is 6.04. The minimum atomic E-state index is -0.0423. The summed E-state index contributed by atoms with van der Waals surface area (Å²) in [5.74, 6) is 0.170. The molecule has 0 fully saturated rings. The fraction of sp³-hybridized carbons (Fsp3) is 0.375. The Bertz CT molecular complexity index is 683. The van der Waals surface area contributed by atoms with Crippen molar-refractivity contribution in [1.29, 1.82) is 0 Å². The van der Waals surface area contributed by atoms with Gasteiger partial charge in [0, 0.05) is 17.5 Å². The quantitative estimate of drug-likeness (QED) is 0.915. The van der Waals surface area contributed by atoms with E-state index in [2.05, 4.69) is 18.0 Å². The molecule has 0 amide bonds. The maximum Gasteiger partial charge on any atom is 0.251 e. The van der Waals surface area contributed by atoms with Crippen molar-refractivity contribution >= 4 is 16.7 Å². The Balaban J connectivity index is 2.35. The number of carbonyl (C=O) groups excluding carboxylic acids is 1. The highest BCUT2D eigenvalue weighted by Gasteiger charge is 2.05. The third-order valence-corrected chi connectivity index (χ3v) is 3.51. The zero-order valence-electron chi connectivity index (χ0n) is 11.7. The number of aryl methyl sites for hydroxylation is 3. The predicted molar refractivity (Wildman–Crippen MR) is 77.7 cm³/mol.